The van der Waals surface area contributed by atoms with Crippen molar-refractivity contribution < 1.29 is 0 Å². The molecule has 0 N–H and O–H groups in total. The Morgan fingerprint density at radius 1 is 0.643 bits per heavy atom. The summed E-state index contributed by atoms with van der Waals surface area (Å²) in [5, 5.41) is 10.8. The molecule has 6 aromatic carbocycles. The third-order valence-electron chi connectivity index (χ3n) is 8.20. The van der Waals surface area contributed by atoms with Gasteiger partial charge in [-0.1, -0.05) is 97.6 Å². The van der Waals surface area contributed by atoms with E-state index in [1.54, 1.807) is 12.4 Å². The van der Waals surface area contributed by atoms with Gasteiger partial charge in [0.2, 0.25) is 0 Å². The van der Waals surface area contributed by atoms with Gasteiger partial charge in [-0.05, 0) is 98.6 Å². The zero-order valence-electron chi connectivity index (χ0n) is 23.8. The van der Waals surface area contributed by atoms with E-state index >= 15 is 0 Å². The third-order valence-corrected chi connectivity index (χ3v) is 8.20. The zero-order chi connectivity index (χ0) is 28.6. The van der Waals surface area contributed by atoms with Crippen molar-refractivity contribution in [2.45, 2.75) is 13.8 Å². The van der Waals surface area contributed by atoms with Crippen LogP contribution in [-0.4, -0.2) is 11.2 Å². The molecule has 0 unspecified atom stereocenters. The first-order valence-electron chi connectivity index (χ1n) is 14.3. The number of nitrogens with zero attached hydrogens (tertiary/aromatic N) is 2. The average molecular weight is 539 g/mol. The number of hydrogen-bond acceptors (Lipinski definition) is 2. The van der Waals surface area contributed by atoms with Gasteiger partial charge in [0.15, 0.2) is 0 Å². The van der Waals surface area contributed by atoms with Crippen LogP contribution >= 0.6 is 0 Å². The predicted octanol–water partition coefficient (Wildman–Crippen LogP) is 11.1. The van der Waals surface area contributed by atoms with Crippen LogP contribution < -0.4 is 0 Å². The lowest BCUT2D eigenvalue weighted by molar-refractivity contribution is 1.40. The Bertz CT molecular complexity index is 2280. The van der Waals surface area contributed by atoms with E-state index in [0.29, 0.717) is 0 Å². The maximum atomic E-state index is 5.50. The van der Waals surface area contributed by atoms with Crippen molar-refractivity contribution in [2.24, 2.45) is 4.99 Å². The van der Waals surface area contributed by atoms with Crippen molar-refractivity contribution in [3.63, 3.8) is 0 Å². The van der Waals surface area contributed by atoms with Crippen molar-refractivity contribution in [3.05, 3.63) is 139 Å². The largest absolute Gasteiger partial charge is 0.265 e. The Morgan fingerprint density at radius 2 is 1.24 bits per heavy atom. The van der Waals surface area contributed by atoms with Crippen LogP contribution in [0.25, 0.3) is 77.4 Å². The summed E-state index contributed by atoms with van der Waals surface area (Å²) in [5.41, 5.74) is 6.74. The van der Waals surface area contributed by atoms with E-state index in [9.17, 15) is 0 Å². The summed E-state index contributed by atoms with van der Waals surface area (Å²) in [6.45, 7) is 7.98. The maximum Gasteiger partial charge on any atom is 0.0800 e. The van der Waals surface area contributed by atoms with Crippen LogP contribution in [0.4, 0.5) is 0 Å². The molecule has 0 atom stereocenters. The lowest BCUT2D eigenvalue weighted by atomic mass is 9.85. The van der Waals surface area contributed by atoms with Gasteiger partial charge in [0.1, 0.15) is 0 Å². The topological polar surface area (TPSA) is 25.2 Å². The third kappa shape index (κ3) is 4.20. The molecular formula is C40H30N2. The zero-order valence-corrected chi connectivity index (χ0v) is 23.8. The molecule has 0 amide bonds. The second-order valence-corrected chi connectivity index (χ2v) is 10.6. The molecular weight excluding hydrogens is 508 g/mol. The van der Waals surface area contributed by atoms with E-state index in [2.05, 4.69) is 141 Å². The maximum absolute atomic E-state index is 5.50. The van der Waals surface area contributed by atoms with E-state index in [-0.39, 0.29) is 0 Å². The van der Waals surface area contributed by atoms with E-state index in [4.69, 9.17) is 4.98 Å². The molecule has 2 nitrogen and oxygen atoms in total. The highest BCUT2D eigenvalue weighted by Gasteiger charge is 2.20. The Morgan fingerprint density at radius 3 is 1.90 bits per heavy atom. The van der Waals surface area contributed by atoms with Gasteiger partial charge in [0.05, 0.1) is 11.2 Å². The quantitative estimate of drug-likeness (QED) is 0.122. The summed E-state index contributed by atoms with van der Waals surface area (Å²) in [7, 11) is 0. The number of pyridine rings is 1. The predicted molar refractivity (Wildman–Crippen MR) is 184 cm³/mol. The highest BCUT2D eigenvalue weighted by atomic mass is 14.7. The van der Waals surface area contributed by atoms with Crippen LogP contribution in [0, 0.1) is 6.92 Å². The Kier molecular flexibility index (Phi) is 6.45. The smallest absolute Gasteiger partial charge is 0.0800 e. The number of allylic oxidation sites excluding steroid dienone is 2. The first kappa shape index (κ1) is 25.6. The van der Waals surface area contributed by atoms with Crippen LogP contribution in [0.3, 0.4) is 0 Å². The minimum Gasteiger partial charge on any atom is -0.265 e. The summed E-state index contributed by atoms with van der Waals surface area (Å²) in [4.78, 5) is 9.65. The van der Waals surface area contributed by atoms with Crippen molar-refractivity contribution in [1.29, 1.82) is 0 Å². The fourth-order valence-corrected chi connectivity index (χ4v) is 6.28. The number of hydrogen-bond donors (Lipinski definition) is 0. The van der Waals surface area contributed by atoms with Gasteiger partial charge < -0.3 is 0 Å². The number of benzene rings is 6. The summed E-state index contributed by atoms with van der Waals surface area (Å²) in [6.07, 6.45) is 11.8. The van der Waals surface area contributed by atoms with Gasteiger partial charge in [-0.25, -0.2) is 4.98 Å². The van der Waals surface area contributed by atoms with Crippen LogP contribution in [0.2, 0.25) is 0 Å². The van der Waals surface area contributed by atoms with Gasteiger partial charge >= 0.3 is 0 Å². The fourth-order valence-electron chi connectivity index (χ4n) is 6.28. The van der Waals surface area contributed by atoms with Crippen LogP contribution in [-0.2, 0) is 0 Å². The van der Waals surface area contributed by atoms with Crippen molar-refractivity contribution >= 4 is 72.4 Å². The molecule has 0 fully saturated rings. The highest BCUT2D eigenvalue weighted by molar-refractivity contribution is 6.20. The molecule has 0 aliphatic carbocycles. The normalized spacial score (nSPS) is 12.3. The minimum atomic E-state index is 1.00. The Labute approximate surface area is 245 Å². The average Bonchev–Trinajstić information content (AvgIpc) is 3.02. The number of fused-ring (bicyclic) bond motifs is 6. The van der Waals surface area contributed by atoms with Crippen LogP contribution in [0.1, 0.15) is 23.6 Å². The van der Waals surface area contributed by atoms with Crippen molar-refractivity contribution in [1.82, 2.24) is 4.98 Å². The summed E-state index contributed by atoms with van der Waals surface area (Å²) in [6, 6.07) is 35.0. The van der Waals surface area contributed by atoms with E-state index < -0.39 is 0 Å². The van der Waals surface area contributed by atoms with Crippen LogP contribution in [0.15, 0.2) is 127 Å². The summed E-state index contributed by atoms with van der Waals surface area (Å²) >= 11 is 0. The molecule has 1 aromatic heterocycles. The van der Waals surface area contributed by atoms with Gasteiger partial charge in [-0.3, -0.25) is 4.99 Å². The van der Waals surface area contributed by atoms with E-state index in [0.717, 1.165) is 22.2 Å². The fraction of sp³-hybridized carbons (Fsp3) is 0.0500. The van der Waals surface area contributed by atoms with Crippen molar-refractivity contribution in [2.75, 3.05) is 0 Å². The molecule has 0 aliphatic rings. The summed E-state index contributed by atoms with van der Waals surface area (Å²) in [5.74, 6) is 0. The SMILES string of the molecule is C=C/N=C\C=C\c1c(C)c(/C=C\C)c(-c2nc3cc4ccccc4cc3c3cc4ccccc4cc23)c2ccccc12. The minimum absolute atomic E-state index is 1.00. The summed E-state index contributed by atoms with van der Waals surface area (Å²) < 4.78 is 0. The van der Waals surface area contributed by atoms with Gasteiger partial charge in [-0.2, -0.15) is 0 Å². The van der Waals surface area contributed by atoms with E-state index in [1.165, 1.54) is 59.8 Å². The second kappa shape index (κ2) is 10.6. The number of aromatic nitrogens is 1. The first-order valence-corrected chi connectivity index (χ1v) is 14.3. The molecule has 0 radical (unpaired) electrons. The molecule has 0 bridgehead atoms. The Balaban J connectivity index is 1.67. The standard InChI is InChI=1S/C40H30N2/c1-4-13-32-26(3)31(20-12-21-41-5-2)33-18-10-11-19-34(33)39(32)40-37-24-29-16-7-6-14-27(29)22-35(37)36-23-28-15-8-9-17-30(28)25-38(36)42-40/h4-25H,2H2,1,3H3/b13-4-,20-12+,41-21-. The lowest BCUT2D eigenvalue weighted by Crippen LogP contribution is -1.98. The van der Waals surface area contributed by atoms with E-state index in [1.807, 2.05) is 6.08 Å². The molecule has 0 saturated heterocycles. The highest BCUT2D eigenvalue weighted by Crippen LogP contribution is 2.43. The molecule has 0 aliphatic heterocycles. The van der Waals surface area contributed by atoms with Gasteiger partial charge in [0, 0.05) is 28.8 Å². The molecule has 1 heterocycles. The molecule has 42 heavy (non-hydrogen) atoms. The molecule has 7 aromatic rings. The Hall–Kier alpha value is -5.34. The lowest BCUT2D eigenvalue weighted by Gasteiger charge is -2.20. The molecule has 2 heteroatoms. The number of rotatable bonds is 5. The van der Waals surface area contributed by atoms with Gasteiger partial charge in [-0.15, -0.1) is 0 Å². The van der Waals surface area contributed by atoms with Crippen LogP contribution in [0.5, 0.6) is 0 Å². The monoisotopic (exact) mass is 538 g/mol. The molecule has 7 rings (SSSR count). The molecule has 0 spiro atoms. The number of aliphatic imine (C=N–C) groups is 1. The molecule has 200 valence electrons. The van der Waals surface area contributed by atoms with Crippen molar-refractivity contribution in [3.8, 4) is 11.3 Å². The van der Waals surface area contributed by atoms with Gasteiger partial charge in [0.25, 0.3) is 0 Å². The first-order chi connectivity index (χ1) is 20.7. The molecule has 0 saturated carbocycles. The second-order valence-electron chi connectivity index (χ2n) is 10.6.